The summed E-state index contributed by atoms with van der Waals surface area (Å²) >= 11 is 0. The van der Waals surface area contributed by atoms with Crippen LogP contribution in [0.3, 0.4) is 0 Å². The number of rotatable bonds is 3. The molecule has 1 fully saturated rings. The highest BCUT2D eigenvalue weighted by atomic mass is 16.5. The molecule has 0 saturated carbocycles. The normalized spacial score (nSPS) is 15.4. The molecule has 0 aliphatic carbocycles. The lowest BCUT2D eigenvalue weighted by atomic mass is 10.1. The Morgan fingerprint density at radius 1 is 1.00 bits per heavy atom. The Morgan fingerprint density at radius 3 is 2.37 bits per heavy atom. The zero-order valence-electron chi connectivity index (χ0n) is 15.9. The van der Waals surface area contributed by atoms with E-state index < -0.39 is 0 Å². The van der Waals surface area contributed by atoms with E-state index in [1.165, 1.54) is 0 Å². The monoisotopic (exact) mass is 365 g/mol. The Bertz CT molecular complexity index is 989. The summed E-state index contributed by atoms with van der Waals surface area (Å²) in [6.07, 6.45) is 0. The van der Waals surface area contributed by atoms with Crippen LogP contribution in [0.15, 0.2) is 28.8 Å². The molecule has 1 aliphatic rings. The standard InChI is InChI=1S/C20H23N5O2/c1-13-10-17(23-27-13)12-24-6-8-25(9-7-24)20(26)16-4-5-18-19(11-16)22-15(3)14(2)21-18/h4-5,10-11H,6-9,12H2,1-3H3. The molecule has 0 atom stereocenters. The second-order valence-corrected chi connectivity index (χ2v) is 7.10. The first-order valence-corrected chi connectivity index (χ1v) is 9.18. The van der Waals surface area contributed by atoms with Crippen molar-refractivity contribution in [3.05, 3.63) is 52.7 Å². The molecular formula is C20H23N5O2. The van der Waals surface area contributed by atoms with Crippen LogP contribution in [-0.4, -0.2) is 57.0 Å². The minimum atomic E-state index is 0.0499. The Morgan fingerprint density at radius 2 is 1.70 bits per heavy atom. The van der Waals surface area contributed by atoms with Gasteiger partial charge in [-0.25, -0.2) is 9.97 Å². The maximum absolute atomic E-state index is 12.9. The van der Waals surface area contributed by atoms with Gasteiger partial charge in [0.05, 0.1) is 28.1 Å². The van der Waals surface area contributed by atoms with Crippen LogP contribution in [0.1, 0.15) is 33.2 Å². The molecule has 0 spiro atoms. The highest BCUT2D eigenvalue weighted by Gasteiger charge is 2.23. The number of carbonyl (C=O) groups excluding carboxylic acids is 1. The second-order valence-electron chi connectivity index (χ2n) is 7.10. The van der Waals surface area contributed by atoms with E-state index in [2.05, 4.69) is 20.0 Å². The first-order valence-electron chi connectivity index (χ1n) is 9.18. The van der Waals surface area contributed by atoms with Crippen LogP contribution in [0, 0.1) is 20.8 Å². The quantitative estimate of drug-likeness (QED) is 0.710. The van der Waals surface area contributed by atoms with E-state index >= 15 is 0 Å². The maximum atomic E-state index is 12.9. The third-order valence-electron chi connectivity index (χ3n) is 5.04. The minimum absolute atomic E-state index is 0.0499. The average Bonchev–Trinajstić information content (AvgIpc) is 3.07. The van der Waals surface area contributed by atoms with Crippen molar-refractivity contribution >= 4 is 16.9 Å². The van der Waals surface area contributed by atoms with Gasteiger partial charge in [-0.1, -0.05) is 5.16 Å². The molecule has 1 amide bonds. The second kappa shape index (κ2) is 7.08. The number of aromatic nitrogens is 3. The molecule has 3 aromatic rings. The highest BCUT2D eigenvalue weighted by Crippen LogP contribution is 2.17. The van der Waals surface area contributed by atoms with Crippen LogP contribution in [0.2, 0.25) is 0 Å². The fourth-order valence-corrected chi connectivity index (χ4v) is 3.38. The van der Waals surface area contributed by atoms with Crippen molar-refractivity contribution in [2.75, 3.05) is 26.2 Å². The SMILES string of the molecule is Cc1cc(CN2CCN(C(=O)c3ccc4nc(C)c(C)nc4c3)CC2)no1. The number of hydrogen-bond donors (Lipinski definition) is 0. The number of amides is 1. The fraction of sp³-hybridized carbons (Fsp3) is 0.400. The van der Waals surface area contributed by atoms with Crippen LogP contribution in [0.25, 0.3) is 11.0 Å². The number of nitrogens with zero attached hydrogens (tertiary/aromatic N) is 5. The van der Waals surface area contributed by atoms with E-state index in [0.29, 0.717) is 18.7 Å². The first kappa shape index (κ1) is 17.6. The molecule has 0 bridgehead atoms. The average molecular weight is 365 g/mol. The summed E-state index contributed by atoms with van der Waals surface area (Å²) in [6.45, 7) is 9.57. The number of benzene rings is 1. The molecule has 0 radical (unpaired) electrons. The lowest BCUT2D eigenvalue weighted by Crippen LogP contribution is -2.48. The van der Waals surface area contributed by atoms with Gasteiger partial charge in [0, 0.05) is 44.4 Å². The molecule has 140 valence electrons. The van der Waals surface area contributed by atoms with Gasteiger partial charge in [-0.05, 0) is 39.0 Å². The molecule has 2 aromatic heterocycles. The van der Waals surface area contributed by atoms with E-state index in [-0.39, 0.29) is 5.91 Å². The molecule has 1 saturated heterocycles. The summed E-state index contributed by atoms with van der Waals surface area (Å²) in [5.74, 6) is 0.873. The predicted molar refractivity (Wildman–Crippen MR) is 101 cm³/mol. The van der Waals surface area contributed by atoms with Crippen LogP contribution < -0.4 is 0 Å². The molecule has 0 unspecified atom stereocenters. The number of carbonyl (C=O) groups is 1. The van der Waals surface area contributed by atoms with Gasteiger partial charge in [-0.2, -0.15) is 0 Å². The number of piperazine rings is 1. The largest absolute Gasteiger partial charge is 0.361 e. The van der Waals surface area contributed by atoms with Gasteiger partial charge < -0.3 is 9.42 Å². The van der Waals surface area contributed by atoms with Gasteiger partial charge in [-0.3, -0.25) is 9.69 Å². The van der Waals surface area contributed by atoms with E-state index in [0.717, 1.165) is 53.5 Å². The zero-order chi connectivity index (χ0) is 19.0. The molecule has 4 rings (SSSR count). The highest BCUT2D eigenvalue weighted by molar-refractivity contribution is 5.97. The number of hydrogen-bond acceptors (Lipinski definition) is 6. The van der Waals surface area contributed by atoms with Crippen molar-refractivity contribution in [3.8, 4) is 0 Å². The van der Waals surface area contributed by atoms with Crippen molar-refractivity contribution < 1.29 is 9.32 Å². The Balaban J connectivity index is 1.43. The third-order valence-corrected chi connectivity index (χ3v) is 5.04. The van der Waals surface area contributed by atoms with E-state index in [4.69, 9.17) is 4.52 Å². The van der Waals surface area contributed by atoms with Crippen molar-refractivity contribution in [3.63, 3.8) is 0 Å². The Hall–Kier alpha value is -2.80. The van der Waals surface area contributed by atoms with Gasteiger partial charge in [0.25, 0.3) is 5.91 Å². The lowest BCUT2D eigenvalue weighted by Gasteiger charge is -2.34. The molecule has 7 nitrogen and oxygen atoms in total. The fourth-order valence-electron chi connectivity index (χ4n) is 3.38. The van der Waals surface area contributed by atoms with Gasteiger partial charge in [0.2, 0.25) is 0 Å². The summed E-state index contributed by atoms with van der Waals surface area (Å²) in [4.78, 5) is 26.2. The van der Waals surface area contributed by atoms with Gasteiger partial charge in [0.1, 0.15) is 5.76 Å². The maximum Gasteiger partial charge on any atom is 0.254 e. The van der Waals surface area contributed by atoms with Crippen molar-refractivity contribution in [1.82, 2.24) is 24.9 Å². The molecule has 27 heavy (non-hydrogen) atoms. The summed E-state index contributed by atoms with van der Waals surface area (Å²) in [6, 6.07) is 7.53. The smallest absolute Gasteiger partial charge is 0.254 e. The van der Waals surface area contributed by atoms with Gasteiger partial charge >= 0.3 is 0 Å². The van der Waals surface area contributed by atoms with Crippen LogP contribution in [-0.2, 0) is 6.54 Å². The Kier molecular flexibility index (Phi) is 4.61. The zero-order valence-corrected chi connectivity index (χ0v) is 15.9. The molecule has 0 N–H and O–H groups in total. The van der Waals surface area contributed by atoms with Gasteiger partial charge in [-0.15, -0.1) is 0 Å². The van der Waals surface area contributed by atoms with Crippen molar-refractivity contribution in [2.45, 2.75) is 27.3 Å². The molecular weight excluding hydrogens is 342 g/mol. The minimum Gasteiger partial charge on any atom is -0.361 e. The number of aryl methyl sites for hydroxylation is 3. The molecule has 7 heteroatoms. The van der Waals surface area contributed by atoms with Crippen molar-refractivity contribution in [2.24, 2.45) is 0 Å². The molecule has 3 heterocycles. The third kappa shape index (κ3) is 3.68. The van der Waals surface area contributed by atoms with Gasteiger partial charge in [0.15, 0.2) is 0 Å². The topological polar surface area (TPSA) is 75.4 Å². The summed E-state index contributed by atoms with van der Waals surface area (Å²) < 4.78 is 5.12. The van der Waals surface area contributed by atoms with E-state index in [9.17, 15) is 4.79 Å². The van der Waals surface area contributed by atoms with E-state index in [1.54, 1.807) is 0 Å². The van der Waals surface area contributed by atoms with Crippen LogP contribution >= 0.6 is 0 Å². The van der Waals surface area contributed by atoms with Crippen LogP contribution in [0.4, 0.5) is 0 Å². The number of fused-ring (bicyclic) bond motifs is 1. The lowest BCUT2D eigenvalue weighted by molar-refractivity contribution is 0.0626. The summed E-state index contributed by atoms with van der Waals surface area (Å²) in [5, 5.41) is 4.04. The predicted octanol–water partition coefficient (Wildman–Crippen LogP) is 2.50. The summed E-state index contributed by atoms with van der Waals surface area (Å²) in [7, 11) is 0. The summed E-state index contributed by atoms with van der Waals surface area (Å²) in [5.41, 5.74) is 5.00. The Labute approximate surface area is 158 Å². The molecule has 1 aliphatic heterocycles. The van der Waals surface area contributed by atoms with E-state index in [1.807, 2.05) is 49.9 Å². The first-order chi connectivity index (χ1) is 13.0. The van der Waals surface area contributed by atoms with Crippen molar-refractivity contribution in [1.29, 1.82) is 0 Å². The van der Waals surface area contributed by atoms with Crippen LogP contribution in [0.5, 0.6) is 0 Å². The molecule has 1 aromatic carbocycles.